The predicted octanol–water partition coefficient (Wildman–Crippen LogP) is 3.48. The molecule has 2 rings (SSSR count). The van der Waals surface area contributed by atoms with Crippen LogP contribution in [-0.2, 0) is 9.59 Å². The lowest BCUT2D eigenvalue weighted by atomic mass is 10.2. The van der Waals surface area contributed by atoms with E-state index < -0.39 is 0 Å². The van der Waals surface area contributed by atoms with Gasteiger partial charge >= 0.3 is 0 Å². The summed E-state index contributed by atoms with van der Waals surface area (Å²) in [7, 11) is 3.06. The van der Waals surface area contributed by atoms with E-state index in [1.807, 2.05) is 13.8 Å². The van der Waals surface area contributed by atoms with Gasteiger partial charge in [-0.3, -0.25) is 9.59 Å². The molecule has 0 spiro atoms. The Labute approximate surface area is 165 Å². The molecule has 2 amide bonds. The zero-order valence-electron chi connectivity index (χ0n) is 16.8. The number of methoxy groups -OCH3 is 2. The Morgan fingerprint density at radius 1 is 1.00 bits per heavy atom. The maximum Gasteiger partial charge on any atom is 0.244 e. The monoisotopic (exact) mass is 386 g/mol. The zero-order chi connectivity index (χ0) is 20.7. The van der Waals surface area contributed by atoms with Crippen molar-refractivity contribution in [1.82, 2.24) is 0 Å². The number of rotatable bonds is 8. The lowest BCUT2D eigenvalue weighted by molar-refractivity contribution is -0.120. The first kappa shape index (κ1) is 21.1. The lowest BCUT2D eigenvalue weighted by Crippen LogP contribution is -2.36. The number of amides is 2. The van der Waals surface area contributed by atoms with Gasteiger partial charge in [-0.25, -0.2) is 0 Å². The highest BCUT2D eigenvalue weighted by Crippen LogP contribution is 2.29. The molecule has 2 aromatic rings. The molecule has 0 aliphatic carbocycles. The van der Waals surface area contributed by atoms with Crippen molar-refractivity contribution in [2.45, 2.75) is 26.9 Å². The van der Waals surface area contributed by atoms with E-state index in [1.54, 1.807) is 49.6 Å². The second-order valence-electron chi connectivity index (χ2n) is 6.38. The lowest BCUT2D eigenvalue weighted by Gasteiger charge is -2.21. The summed E-state index contributed by atoms with van der Waals surface area (Å²) in [4.78, 5) is 26.0. The summed E-state index contributed by atoms with van der Waals surface area (Å²) in [6, 6.07) is 12.1. The first-order valence-corrected chi connectivity index (χ1v) is 8.90. The fraction of sp³-hybridized carbons (Fsp3) is 0.333. The molecule has 2 aromatic carbocycles. The van der Waals surface area contributed by atoms with Crippen molar-refractivity contribution in [3.8, 4) is 17.2 Å². The fourth-order valence-electron chi connectivity index (χ4n) is 2.60. The molecular formula is C21H26N2O5. The highest BCUT2D eigenvalue weighted by atomic mass is 16.5. The molecule has 0 saturated heterocycles. The number of nitrogens with one attached hydrogen (secondary N) is 1. The van der Waals surface area contributed by atoms with Crippen LogP contribution in [0.2, 0.25) is 0 Å². The minimum Gasteiger partial charge on any atom is -0.497 e. The first-order valence-electron chi connectivity index (χ1n) is 8.90. The van der Waals surface area contributed by atoms with E-state index in [9.17, 15) is 9.59 Å². The van der Waals surface area contributed by atoms with Gasteiger partial charge in [0, 0.05) is 18.7 Å². The van der Waals surface area contributed by atoms with Crippen LogP contribution in [-0.4, -0.2) is 38.7 Å². The van der Waals surface area contributed by atoms with Gasteiger partial charge in [0.05, 0.1) is 26.0 Å². The van der Waals surface area contributed by atoms with Gasteiger partial charge in [-0.05, 0) is 50.2 Å². The SMILES string of the molecule is COc1ccc(NC(=O)CN(C(C)=O)c2ccc(OC(C)C)cc2)c(OC)c1. The van der Waals surface area contributed by atoms with Gasteiger partial charge in [-0.2, -0.15) is 0 Å². The Morgan fingerprint density at radius 2 is 1.64 bits per heavy atom. The molecular weight excluding hydrogens is 360 g/mol. The maximum absolute atomic E-state index is 12.5. The van der Waals surface area contributed by atoms with Gasteiger partial charge in [0.15, 0.2) is 0 Å². The Hall–Kier alpha value is -3.22. The van der Waals surface area contributed by atoms with E-state index in [2.05, 4.69) is 5.32 Å². The van der Waals surface area contributed by atoms with Gasteiger partial charge < -0.3 is 24.4 Å². The standard InChI is InChI=1S/C21H26N2O5/c1-14(2)28-17-8-6-16(7-9-17)23(15(3)24)13-21(25)22-19-11-10-18(26-4)12-20(19)27-5/h6-12,14H,13H2,1-5H3,(H,22,25). The maximum atomic E-state index is 12.5. The first-order chi connectivity index (χ1) is 13.3. The Balaban J connectivity index is 2.12. The molecule has 0 atom stereocenters. The summed E-state index contributed by atoms with van der Waals surface area (Å²) in [6.45, 7) is 5.16. The zero-order valence-corrected chi connectivity index (χ0v) is 16.8. The normalized spacial score (nSPS) is 10.4. The number of hydrogen-bond acceptors (Lipinski definition) is 5. The van der Waals surface area contributed by atoms with Crippen molar-refractivity contribution in [3.05, 3.63) is 42.5 Å². The van der Waals surface area contributed by atoms with E-state index in [4.69, 9.17) is 14.2 Å². The number of ether oxygens (including phenoxy) is 3. The molecule has 0 fully saturated rings. The van der Waals surface area contributed by atoms with E-state index in [-0.39, 0.29) is 24.5 Å². The van der Waals surface area contributed by atoms with Crippen LogP contribution in [0.3, 0.4) is 0 Å². The summed E-state index contributed by atoms with van der Waals surface area (Å²) in [5, 5.41) is 2.77. The highest BCUT2D eigenvalue weighted by Gasteiger charge is 2.17. The molecule has 7 nitrogen and oxygen atoms in total. The summed E-state index contributed by atoms with van der Waals surface area (Å²) in [5.41, 5.74) is 1.11. The number of carbonyl (C=O) groups excluding carboxylic acids is 2. The molecule has 0 heterocycles. The second-order valence-corrected chi connectivity index (χ2v) is 6.38. The van der Waals surface area contributed by atoms with Crippen LogP contribution in [0.5, 0.6) is 17.2 Å². The van der Waals surface area contributed by atoms with Crippen LogP contribution >= 0.6 is 0 Å². The third-order valence-electron chi connectivity index (χ3n) is 3.88. The Kier molecular flexibility index (Phi) is 7.26. The van der Waals surface area contributed by atoms with Crippen LogP contribution in [0.1, 0.15) is 20.8 Å². The number of carbonyl (C=O) groups is 2. The minimum absolute atomic E-state index is 0.0556. The average molecular weight is 386 g/mol. The van der Waals surface area contributed by atoms with Crippen LogP contribution in [0.15, 0.2) is 42.5 Å². The molecule has 28 heavy (non-hydrogen) atoms. The number of hydrogen-bond donors (Lipinski definition) is 1. The van der Waals surface area contributed by atoms with Gasteiger partial charge in [-0.1, -0.05) is 0 Å². The second kappa shape index (κ2) is 9.64. The van der Waals surface area contributed by atoms with Crippen molar-refractivity contribution in [1.29, 1.82) is 0 Å². The fourth-order valence-corrected chi connectivity index (χ4v) is 2.60. The minimum atomic E-state index is -0.346. The van der Waals surface area contributed by atoms with Crippen molar-refractivity contribution in [3.63, 3.8) is 0 Å². The summed E-state index contributed by atoms with van der Waals surface area (Å²) < 4.78 is 16.0. The molecule has 0 saturated carbocycles. The molecule has 1 N–H and O–H groups in total. The third-order valence-corrected chi connectivity index (χ3v) is 3.88. The van der Waals surface area contributed by atoms with Gasteiger partial charge in [-0.15, -0.1) is 0 Å². The molecule has 0 aliphatic heterocycles. The van der Waals surface area contributed by atoms with Crippen LogP contribution < -0.4 is 24.4 Å². The smallest absolute Gasteiger partial charge is 0.244 e. The molecule has 150 valence electrons. The van der Waals surface area contributed by atoms with Gasteiger partial charge in [0.2, 0.25) is 11.8 Å². The summed E-state index contributed by atoms with van der Waals surface area (Å²) >= 11 is 0. The van der Waals surface area contributed by atoms with Crippen molar-refractivity contribution >= 4 is 23.2 Å². The van der Waals surface area contributed by atoms with E-state index in [1.165, 1.54) is 18.9 Å². The molecule has 0 aromatic heterocycles. The highest BCUT2D eigenvalue weighted by molar-refractivity contribution is 6.02. The van der Waals surface area contributed by atoms with Crippen LogP contribution in [0, 0.1) is 0 Å². The van der Waals surface area contributed by atoms with Crippen molar-refractivity contribution in [2.24, 2.45) is 0 Å². The summed E-state index contributed by atoms with van der Waals surface area (Å²) in [6.07, 6.45) is 0.0556. The van der Waals surface area contributed by atoms with Crippen LogP contribution in [0.25, 0.3) is 0 Å². The number of benzene rings is 2. The van der Waals surface area contributed by atoms with Gasteiger partial charge in [0.25, 0.3) is 0 Å². The Morgan fingerprint density at radius 3 is 2.18 bits per heavy atom. The largest absolute Gasteiger partial charge is 0.497 e. The molecule has 0 bridgehead atoms. The van der Waals surface area contributed by atoms with Crippen LogP contribution in [0.4, 0.5) is 11.4 Å². The van der Waals surface area contributed by atoms with E-state index in [0.717, 1.165) is 0 Å². The number of nitrogens with zero attached hydrogens (tertiary/aromatic N) is 1. The molecule has 7 heteroatoms. The summed E-state index contributed by atoms with van der Waals surface area (Å²) in [5.74, 6) is 1.20. The quantitative estimate of drug-likeness (QED) is 0.752. The molecule has 0 radical (unpaired) electrons. The van der Waals surface area contributed by atoms with Gasteiger partial charge in [0.1, 0.15) is 23.8 Å². The molecule has 0 unspecified atom stereocenters. The van der Waals surface area contributed by atoms with E-state index in [0.29, 0.717) is 28.6 Å². The average Bonchev–Trinajstić information content (AvgIpc) is 2.66. The van der Waals surface area contributed by atoms with E-state index >= 15 is 0 Å². The Bertz CT molecular complexity index is 818. The molecule has 0 aliphatic rings. The van der Waals surface area contributed by atoms with Crippen molar-refractivity contribution in [2.75, 3.05) is 31.0 Å². The predicted molar refractivity (Wildman–Crippen MR) is 108 cm³/mol. The van der Waals surface area contributed by atoms with Crippen molar-refractivity contribution < 1.29 is 23.8 Å². The number of anilines is 2. The topological polar surface area (TPSA) is 77.1 Å². The third kappa shape index (κ3) is 5.64.